The number of thiazole rings is 1. The lowest BCUT2D eigenvalue weighted by Gasteiger charge is -2.05. The van der Waals surface area contributed by atoms with E-state index in [1.807, 2.05) is 30.5 Å². The topological polar surface area (TPSA) is 54.0 Å². The number of thiophene rings is 1. The van der Waals surface area contributed by atoms with Crippen LogP contribution in [0.5, 0.6) is 0 Å². The first-order chi connectivity index (χ1) is 10.5. The molecular formula is C14H10ClN3OS3. The van der Waals surface area contributed by atoms with Crippen molar-refractivity contribution < 1.29 is 4.79 Å². The second-order valence-electron chi connectivity index (χ2n) is 4.47. The molecular weight excluding hydrogens is 358 g/mol. The van der Waals surface area contributed by atoms with Crippen molar-refractivity contribution in [3.63, 3.8) is 0 Å². The Hall–Kier alpha value is -1.54. The summed E-state index contributed by atoms with van der Waals surface area (Å²) in [4.78, 5) is 16.9. The maximum atomic E-state index is 11.9. The summed E-state index contributed by atoms with van der Waals surface area (Å²) in [6, 6.07) is 7.36. The van der Waals surface area contributed by atoms with E-state index in [2.05, 4.69) is 15.6 Å². The third kappa shape index (κ3) is 3.27. The summed E-state index contributed by atoms with van der Waals surface area (Å²) in [6.07, 6.45) is 0. The lowest BCUT2D eigenvalue weighted by Crippen LogP contribution is -2.33. The highest BCUT2D eigenvalue weighted by Gasteiger charge is 2.11. The number of nitrogens with zero attached hydrogens (tertiary/aromatic N) is 1. The normalized spacial score (nSPS) is 10.6. The molecule has 2 heterocycles. The molecule has 112 valence electrons. The highest BCUT2D eigenvalue weighted by atomic mass is 35.5. The van der Waals surface area contributed by atoms with E-state index < -0.39 is 0 Å². The van der Waals surface area contributed by atoms with Gasteiger partial charge in [0.15, 0.2) is 10.2 Å². The van der Waals surface area contributed by atoms with Gasteiger partial charge in [-0.25, -0.2) is 4.98 Å². The zero-order valence-corrected chi connectivity index (χ0v) is 14.6. The lowest BCUT2D eigenvalue weighted by atomic mass is 10.2. The zero-order chi connectivity index (χ0) is 15.7. The number of rotatable bonds is 2. The van der Waals surface area contributed by atoms with E-state index in [1.165, 1.54) is 22.7 Å². The molecule has 0 bridgehead atoms. The molecule has 2 aromatic heterocycles. The van der Waals surface area contributed by atoms with Gasteiger partial charge in [0.1, 0.15) is 0 Å². The first kappa shape index (κ1) is 15.4. The number of amides is 1. The molecule has 0 saturated carbocycles. The summed E-state index contributed by atoms with van der Waals surface area (Å²) in [6.45, 7) is 1.94. The van der Waals surface area contributed by atoms with Crippen LogP contribution in [-0.2, 0) is 0 Å². The van der Waals surface area contributed by atoms with Gasteiger partial charge in [0.2, 0.25) is 0 Å². The van der Waals surface area contributed by atoms with Gasteiger partial charge in [0.05, 0.1) is 15.1 Å². The van der Waals surface area contributed by atoms with Crippen LogP contribution in [0.1, 0.15) is 15.2 Å². The molecule has 2 N–H and O–H groups in total. The number of benzene rings is 1. The van der Waals surface area contributed by atoms with Gasteiger partial charge >= 0.3 is 0 Å². The third-order valence-electron chi connectivity index (χ3n) is 2.86. The summed E-state index contributed by atoms with van der Waals surface area (Å²) >= 11 is 14.1. The van der Waals surface area contributed by atoms with Crippen molar-refractivity contribution >= 4 is 72.9 Å². The Morgan fingerprint density at radius 1 is 1.41 bits per heavy atom. The number of nitrogens with one attached hydrogen (secondary N) is 2. The molecule has 3 rings (SSSR count). The summed E-state index contributed by atoms with van der Waals surface area (Å²) in [5.41, 5.74) is 1.80. The first-order valence-electron chi connectivity index (χ1n) is 6.25. The Balaban J connectivity index is 1.72. The monoisotopic (exact) mass is 367 g/mol. The van der Waals surface area contributed by atoms with Crippen LogP contribution in [0.4, 0.5) is 5.13 Å². The Morgan fingerprint density at radius 2 is 2.23 bits per heavy atom. The number of carbonyl (C=O) groups is 1. The van der Waals surface area contributed by atoms with Crippen molar-refractivity contribution in [1.82, 2.24) is 10.3 Å². The number of hydrogen-bond acceptors (Lipinski definition) is 5. The number of aryl methyl sites for hydroxylation is 1. The van der Waals surface area contributed by atoms with E-state index in [-0.39, 0.29) is 11.0 Å². The number of aromatic nitrogens is 1. The molecule has 1 aromatic carbocycles. The Kier molecular flexibility index (Phi) is 4.39. The highest BCUT2D eigenvalue weighted by molar-refractivity contribution is 7.80. The summed E-state index contributed by atoms with van der Waals surface area (Å²) in [7, 11) is 0. The molecule has 0 saturated heterocycles. The molecule has 0 atom stereocenters. The SMILES string of the molecule is Cc1cc2sc(NC(=S)NC(=O)c3cccs3)nc2cc1Cl. The van der Waals surface area contributed by atoms with E-state index in [9.17, 15) is 4.79 Å². The minimum atomic E-state index is -0.229. The van der Waals surface area contributed by atoms with Crippen molar-refractivity contribution in [2.24, 2.45) is 0 Å². The van der Waals surface area contributed by atoms with E-state index in [0.29, 0.717) is 15.0 Å². The molecule has 22 heavy (non-hydrogen) atoms. The largest absolute Gasteiger partial charge is 0.308 e. The van der Waals surface area contributed by atoms with Crippen LogP contribution in [-0.4, -0.2) is 16.0 Å². The van der Waals surface area contributed by atoms with Gasteiger partial charge in [0, 0.05) is 5.02 Å². The van der Waals surface area contributed by atoms with Gasteiger partial charge in [-0.2, -0.15) is 0 Å². The van der Waals surface area contributed by atoms with Crippen LogP contribution in [0.3, 0.4) is 0 Å². The van der Waals surface area contributed by atoms with E-state index in [0.717, 1.165) is 15.8 Å². The predicted octanol–water partition coefficient (Wildman–Crippen LogP) is 4.45. The maximum Gasteiger partial charge on any atom is 0.267 e. The van der Waals surface area contributed by atoms with Crippen molar-refractivity contribution in [2.75, 3.05) is 5.32 Å². The zero-order valence-electron chi connectivity index (χ0n) is 11.3. The predicted molar refractivity (Wildman–Crippen MR) is 97.4 cm³/mol. The van der Waals surface area contributed by atoms with Crippen LogP contribution in [0.2, 0.25) is 5.02 Å². The Labute approximate surface area is 145 Å². The molecule has 4 nitrogen and oxygen atoms in total. The van der Waals surface area contributed by atoms with Crippen molar-refractivity contribution in [3.8, 4) is 0 Å². The van der Waals surface area contributed by atoms with Gasteiger partial charge in [0.25, 0.3) is 5.91 Å². The van der Waals surface area contributed by atoms with Gasteiger partial charge in [-0.3, -0.25) is 10.1 Å². The second kappa shape index (κ2) is 6.29. The minimum Gasteiger partial charge on any atom is -0.308 e. The Bertz CT molecular complexity index is 819. The molecule has 0 aliphatic heterocycles. The number of carbonyl (C=O) groups excluding carboxylic acids is 1. The van der Waals surface area contributed by atoms with Crippen LogP contribution < -0.4 is 10.6 Å². The molecule has 3 aromatic rings. The molecule has 8 heteroatoms. The van der Waals surface area contributed by atoms with Crippen LogP contribution in [0.15, 0.2) is 29.6 Å². The molecule has 1 amide bonds. The fraction of sp³-hybridized carbons (Fsp3) is 0.0714. The minimum absolute atomic E-state index is 0.222. The summed E-state index contributed by atoms with van der Waals surface area (Å²) in [5, 5.41) is 8.92. The maximum absolute atomic E-state index is 11.9. The molecule has 0 aliphatic carbocycles. The van der Waals surface area contributed by atoms with Crippen LogP contribution in [0, 0.1) is 6.92 Å². The van der Waals surface area contributed by atoms with E-state index in [4.69, 9.17) is 23.8 Å². The van der Waals surface area contributed by atoms with Gasteiger partial charge in [-0.1, -0.05) is 29.0 Å². The number of hydrogen-bond donors (Lipinski definition) is 2. The van der Waals surface area contributed by atoms with Gasteiger partial charge < -0.3 is 5.32 Å². The van der Waals surface area contributed by atoms with Crippen molar-refractivity contribution in [3.05, 3.63) is 45.1 Å². The van der Waals surface area contributed by atoms with Crippen LogP contribution in [0.25, 0.3) is 10.2 Å². The fourth-order valence-corrected chi connectivity index (χ4v) is 3.79. The van der Waals surface area contributed by atoms with Crippen molar-refractivity contribution in [1.29, 1.82) is 0 Å². The lowest BCUT2D eigenvalue weighted by molar-refractivity contribution is 0.0981. The molecule has 0 spiro atoms. The summed E-state index contributed by atoms with van der Waals surface area (Å²) in [5.74, 6) is -0.229. The number of fused-ring (bicyclic) bond motifs is 1. The molecule has 0 fully saturated rings. The fourth-order valence-electron chi connectivity index (χ4n) is 1.80. The summed E-state index contributed by atoms with van der Waals surface area (Å²) < 4.78 is 1.01. The average molecular weight is 368 g/mol. The van der Waals surface area contributed by atoms with E-state index >= 15 is 0 Å². The third-order valence-corrected chi connectivity index (χ3v) is 5.27. The number of thiocarbonyl (C=S) groups is 1. The second-order valence-corrected chi connectivity index (χ2v) is 7.27. The quantitative estimate of drug-likeness (QED) is 0.657. The average Bonchev–Trinajstić information content (AvgIpc) is 3.08. The highest BCUT2D eigenvalue weighted by Crippen LogP contribution is 2.30. The Morgan fingerprint density at radius 3 is 2.95 bits per heavy atom. The number of anilines is 1. The molecule has 0 unspecified atom stereocenters. The standard InChI is InChI=1S/C14H10ClN3OS3/c1-7-5-11-9(6-8(7)15)16-14(22-11)18-13(20)17-12(19)10-3-2-4-21-10/h2-6H,1H3,(H2,16,17,18,19,20). The van der Waals surface area contributed by atoms with Crippen LogP contribution >= 0.6 is 46.5 Å². The smallest absolute Gasteiger partial charge is 0.267 e. The first-order valence-corrected chi connectivity index (χ1v) is 8.73. The van der Waals surface area contributed by atoms with Gasteiger partial charge in [-0.15, -0.1) is 11.3 Å². The van der Waals surface area contributed by atoms with E-state index in [1.54, 1.807) is 6.07 Å². The number of halogens is 1. The molecule has 0 radical (unpaired) electrons. The van der Waals surface area contributed by atoms with Gasteiger partial charge in [-0.05, 0) is 48.3 Å². The molecule has 0 aliphatic rings. The van der Waals surface area contributed by atoms with Crippen molar-refractivity contribution in [2.45, 2.75) is 6.92 Å².